The van der Waals surface area contributed by atoms with Gasteiger partial charge in [0.15, 0.2) is 5.65 Å². The van der Waals surface area contributed by atoms with Crippen molar-refractivity contribution in [2.24, 2.45) is 33.0 Å². The van der Waals surface area contributed by atoms with Crippen molar-refractivity contribution in [1.29, 1.82) is 5.26 Å². The second kappa shape index (κ2) is 27.7. The van der Waals surface area contributed by atoms with Crippen molar-refractivity contribution in [2.75, 3.05) is 16.4 Å². The van der Waals surface area contributed by atoms with E-state index in [1.807, 2.05) is 90.5 Å². The summed E-state index contributed by atoms with van der Waals surface area (Å²) in [7, 11) is 5.16. The average Bonchev–Trinajstić information content (AvgIpc) is 0.802. The number of esters is 2. The maximum absolute atomic E-state index is 13.5. The van der Waals surface area contributed by atoms with Crippen molar-refractivity contribution in [1.82, 2.24) is 23.3 Å². The fourth-order valence-corrected chi connectivity index (χ4v) is 9.97. The number of amides is 2. The lowest BCUT2D eigenvalue weighted by atomic mass is 9.84. The van der Waals surface area contributed by atoms with Gasteiger partial charge in [-0.2, -0.15) is 5.26 Å². The summed E-state index contributed by atoms with van der Waals surface area (Å²) < 4.78 is 15.7. The number of nitrogens with two attached hydrogens (primary N) is 1. The van der Waals surface area contributed by atoms with E-state index < -0.39 is 17.3 Å². The molecule has 4 aromatic heterocycles. The van der Waals surface area contributed by atoms with Crippen molar-refractivity contribution >= 4 is 84.7 Å². The van der Waals surface area contributed by atoms with Gasteiger partial charge in [0.25, 0.3) is 11.5 Å². The van der Waals surface area contributed by atoms with Gasteiger partial charge in [0.2, 0.25) is 16.8 Å². The van der Waals surface area contributed by atoms with Crippen molar-refractivity contribution in [2.45, 2.75) is 70.1 Å². The number of nitrogens with one attached hydrogen (secondary N) is 2. The second-order valence-corrected chi connectivity index (χ2v) is 21.1. The highest BCUT2D eigenvalue weighted by Gasteiger charge is 2.33. The fraction of sp³-hybridized carbons (Fsp3) is 0.239. The Morgan fingerprint density at radius 3 is 1.55 bits per heavy atom. The number of para-hydroxylation sites is 6. The smallest absolute Gasteiger partial charge is 0.393 e. The Bertz CT molecular complexity index is 4530. The highest BCUT2D eigenvalue weighted by Crippen LogP contribution is 2.36. The third-order valence-electron chi connectivity index (χ3n) is 15.6. The highest BCUT2D eigenvalue weighted by atomic mass is 16.6. The van der Waals surface area contributed by atoms with E-state index in [1.54, 1.807) is 114 Å². The normalized spacial score (nSPS) is 13.4. The van der Waals surface area contributed by atoms with Crippen LogP contribution in [-0.4, -0.2) is 47.0 Å². The minimum Gasteiger partial charge on any atom is -0.393 e. The Kier molecular flexibility index (Phi) is 19.4. The van der Waals surface area contributed by atoms with Crippen LogP contribution < -0.4 is 44.2 Å². The first-order chi connectivity index (χ1) is 42.1. The molecule has 3 saturated carbocycles. The molecule has 20 nitrogen and oxygen atoms in total. The van der Waals surface area contributed by atoms with E-state index in [0.717, 1.165) is 80.5 Å². The number of nitrogens with zero attached hydrogens (tertiary/aromatic N) is 6. The van der Waals surface area contributed by atoms with Crippen molar-refractivity contribution in [3.8, 4) is 11.8 Å². The number of carbonyl (C=O) groups is 4. The standard InChI is InChI=1S/C22H19N3O2.C17H15N3O2.C10H14O3.C9H8N2O.C9H7NO3/c1-24-17-13-6-5-12-16(17)19(26)18-21(24)23-20(14-8-7-9-14)25(22(18)27)15-10-3-2-4-11-15;1-20-13-10-6-5-9-12(13)15(21)14(16(20)18)17(22)19-11-7-3-2-4-8-11;11-9(7-3-1-4-7)13-10(12)8-5-2-6-8;10-7-6-9(12)11-8-4-2-1-3-5-8;1-10-7-5-3-2-4-6(7)8(11)13-9(10)12/h2-6,10-14H,7-9H2,1H3;2-10H,18H2,1H3,(H,19,22);7-8H,1-6H2;1-5H,6H2,(H,11,12);2-5H,1H3. The van der Waals surface area contributed by atoms with Crippen LogP contribution in [0.15, 0.2) is 192 Å². The van der Waals surface area contributed by atoms with Gasteiger partial charge in [-0.3, -0.25) is 42.7 Å². The number of benzene rings is 6. The van der Waals surface area contributed by atoms with Gasteiger partial charge in [-0.05, 0) is 111 Å². The number of carbonyl (C=O) groups excluding carboxylic acids is 4. The SMILES string of the molecule is Cn1c(=O)oc(=O)c2ccccc21.Cn1c(N)c(C(=O)Nc2ccccc2)c(=O)c2ccccc21.Cn1c2ccccc2c(=O)c2c(=O)n(-c3ccccc3)c(C3CCC3)nc21.N#CCC(=O)Nc1ccccc1.O=C(OC(=O)C1CCC1)C1CCC1. The Morgan fingerprint density at radius 1 is 0.586 bits per heavy atom. The first-order valence-corrected chi connectivity index (χ1v) is 28.5. The summed E-state index contributed by atoms with van der Waals surface area (Å²) in [5.41, 5.74) is 9.13. The molecule has 442 valence electrons. The van der Waals surface area contributed by atoms with Crippen molar-refractivity contribution < 1.29 is 28.3 Å². The zero-order valence-corrected chi connectivity index (χ0v) is 48.1. The van der Waals surface area contributed by atoms with Crippen LogP contribution in [0.25, 0.3) is 49.4 Å². The summed E-state index contributed by atoms with van der Waals surface area (Å²) in [6.07, 6.45) is 8.87. The third-order valence-corrected chi connectivity index (χ3v) is 15.6. The molecule has 0 atom stereocenters. The molecule has 10 aromatic rings. The second-order valence-electron chi connectivity index (χ2n) is 21.1. The minimum absolute atomic E-state index is 0.0176. The molecule has 4 heterocycles. The molecule has 2 amide bonds. The molecule has 20 heteroatoms. The van der Waals surface area contributed by atoms with Gasteiger partial charge >= 0.3 is 23.3 Å². The summed E-state index contributed by atoms with van der Waals surface area (Å²) in [5, 5.41) is 15.1. The first-order valence-electron chi connectivity index (χ1n) is 28.5. The van der Waals surface area contributed by atoms with Crippen molar-refractivity contribution in [3.05, 3.63) is 227 Å². The number of pyridine rings is 2. The zero-order chi connectivity index (χ0) is 61.7. The maximum Gasteiger partial charge on any atom is 0.422 e. The van der Waals surface area contributed by atoms with Crippen LogP contribution in [0.3, 0.4) is 0 Å². The average molecular weight is 1170 g/mol. The quantitative estimate of drug-likeness (QED) is 0.0726. The Balaban J connectivity index is 0.000000135. The van der Waals surface area contributed by atoms with E-state index >= 15 is 0 Å². The molecule has 0 saturated heterocycles. The number of ether oxygens (including phenoxy) is 1. The van der Waals surface area contributed by atoms with E-state index in [-0.39, 0.29) is 75.2 Å². The van der Waals surface area contributed by atoms with Crippen LogP contribution in [0.5, 0.6) is 0 Å². The summed E-state index contributed by atoms with van der Waals surface area (Å²) in [5.74, 6) is -0.793. The molecule has 0 unspecified atom stereocenters. The predicted octanol–water partition coefficient (Wildman–Crippen LogP) is 9.56. The van der Waals surface area contributed by atoms with Crippen LogP contribution in [-0.2, 0) is 40.3 Å². The van der Waals surface area contributed by atoms with Crippen LogP contribution in [0.4, 0.5) is 17.2 Å². The van der Waals surface area contributed by atoms with E-state index in [2.05, 4.69) is 15.1 Å². The maximum atomic E-state index is 13.5. The molecule has 3 aliphatic carbocycles. The van der Waals surface area contributed by atoms with Crippen LogP contribution in [0, 0.1) is 23.2 Å². The summed E-state index contributed by atoms with van der Waals surface area (Å²) >= 11 is 0. The topological polar surface area (TPSA) is 282 Å². The van der Waals surface area contributed by atoms with Crippen molar-refractivity contribution in [3.63, 3.8) is 0 Å². The molecule has 4 N–H and O–H groups in total. The third kappa shape index (κ3) is 13.7. The number of nitrogen functional groups attached to an aromatic ring is 1. The van der Waals surface area contributed by atoms with Crippen LogP contribution >= 0.6 is 0 Å². The predicted molar refractivity (Wildman–Crippen MR) is 333 cm³/mol. The number of anilines is 3. The Hall–Kier alpha value is -10.8. The largest absolute Gasteiger partial charge is 0.422 e. The lowest BCUT2D eigenvalue weighted by Crippen LogP contribution is -2.32. The molecule has 6 aromatic carbocycles. The number of aromatic nitrogens is 5. The van der Waals surface area contributed by atoms with Gasteiger partial charge in [0, 0.05) is 49.2 Å². The molecular formula is C67H63N9O11. The number of hydrogen-bond acceptors (Lipinski definition) is 14. The summed E-state index contributed by atoms with van der Waals surface area (Å²) in [6.45, 7) is 0. The lowest BCUT2D eigenvalue weighted by molar-refractivity contribution is -0.169. The number of aryl methyl sites for hydroxylation is 3. The number of hydrogen-bond donors (Lipinski definition) is 3. The molecule has 3 aliphatic rings. The number of nitriles is 1. The summed E-state index contributed by atoms with van der Waals surface area (Å²) in [6, 6.07) is 50.5. The molecule has 0 bridgehead atoms. The van der Waals surface area contributed by atoms with E-state index in [9.17, 15) is 43.2 Å². The minimum atomic E-state index is -0.635. The molecule has 0 radical (unpaired) electrons. The highest BCUT2D eigenvalue weighted by molar-refractivity contribution is 6.09. The molecular weight excluding hydrogens is 1110 g/mol. The van der Waals surface area contributed by atoms with Gasteiger partial charge in [0.05, 0.1) is 45.5 Å². The Labute approximate surface area is 497 Å². The number of fused-ring (bicyclic) bond motifs is 4. The first kappa shape index (κ1) is 60.8. The number of rotatable bonds is 8. The van der Waals surface area contributed by atoms with Gasteiger partial charge < -0.3 is 34.7 Å². The zero-order valence-electron chi connectivity index (χ0n) is 48.1. The van der Waals surface area contributed by atoms with E-state index in [4.69, 9.17) is 20.7 Å². The van der Waals surface area contributed by atoms with E-state index in [1.165, 1.54) is 4.57 Å². The van der Waals surface area contributed by atoms with Crippen LogP contribution in [0.2, 0.25) is 0 Å². The van der Waals surface area contributed by atoms with Crippen LogP contribution in [0.1, 0.15) is 86.3 Å². The van der Waals surface area contributed by atoms with E-state index in [0.29, 0.717) is 38.5 Å². The van der Waals surface area contributed by atoms with Gasteiger partial charge in [0.1, 0.15) is 29.0 Å². The molecule has 0 spiro atoms. The summed E-state index contributed by atoms with van der Waals surface area (Å²) in [4.78, 5) is 112. The monoisotopic (exact) mass is 1170 g/mol. The van der Waals surface area contributed by atoms with Gasteiger partial charge in [-0.15, -0.1) is 0 Å². The van der Waals surface area contributed by atoms with Gasteiger partial charge in [-0.1, -0.05) is 110 Å². The van der Waals surface area contributed by atoms with Gasteiger partial charge in [-0.25, -0.2) is 14.6 Å². The fourth-order valence-electron chi connectivity index (χ4n) is 9.97. The lowest BCUT2D eigenvalue weighted by Gasteiger charge is -2.28. The Morgan fingerprint density at radius 2 is 1.05 bits per heavy atom. The molecule has 3 fully saturated rings. The molecule has 13 rings (SSSR count). The molecule has 0 aliphatic heterocycles. The molecule has 87 heavy (non-hydrogen) atoms.